The van der Waals surface area contributed by atoms with Crippen LogP contribution in [0.4, 0.5) is 19.0 Å². The van der Waals surface area contributed by atoms with Crippen molar-refractivity contribution in [2.24, 2.45) is 0 Å². The van der Waals surface area contributed by atoms with Crippen LogP contribution in [0.25, 0.3) is 0 Å². The van der Waals surface area contributed by atoms with Gasteiger partial charge in [-0.15, -0.1) is 11.3 Å². The molecule has 0 saturated carbocycles. The Labute approximate surface area is 148 Å². The van der Waals surface area contributed by atoms with Crippen molar-refractivity contribution in [2.75, 3.05) is 24.5 Å². The van der Waals surface area contributed by atoms with Gasteiger partial charge in [-0.05, 0) is 36.4 Å². The molecule has 1 aliphatic rings. The first-order chi connectivity index (χ1) is 11.9. The summed E-state index contributed by atoms with van der Waals surface area (Å²) in [4.78, 5) is 6.89. The highest BCUT2D eigenvalue weighted by Crippen LogP contribution is 2.29. The van der Waals surface area contributed by atoms with Crippen molar-refractivity contribution in [3.8, 4) is 0 Å². The van der Waals surface area contributed by atoms with Crippen LogP contribution in [-0.4, -0.2) is 35.8 Å². The van der Waals surface area contributed by atoms with Gasteiger partial charge in [0.2, 0.25) is 0 Å². The van der Waals surface area contributed by atoms with Crippen molar-refractivity contribution in [2.45, 2.75) is 31.2 Å². The van der Waals surface area contributed by atoms with Gasteiger partial charge in [-0.3, -0.25) is 0 Å². The molecule has 2 N–H and O–H groups in total. The van der Waals surface area contributed by atoms with E-state index in [0.29, 0.717) is 18.4 Å². The monoisotopic (exact) mass is 371 g/mol. The van der Waals surface area contributed by atoms with Gasteiger partial charge >= 0.3 is 6.18 Å². The molecule has 0 unspecified atom stereocenters. The third-order valence-corrected chi connectivity index (χ3v) is 5.34. The molecular weight excluding hydrogens is 351 g/mol. The quantitative estimate of drug-likeness (QED) is 0.845. The largest absolute Gasteiger partial charge is 0.417 e. The molecular formula is C17H20F3N3OS. The molecule has 25 heavy (non-hydrogen) atoms. The van der Waals surface area contributed by atoms with Gasteiger partial charge in [-0.1, -0.05) is 6.07 Å². The molecule has 0 aromatic carbocycles. The van der Waals surface area contributed by atoms with Crippen LogP contribution in [-0.2, 0) is 6.18 Å². The molecule has 2 aromatic rings. The number of hydrogen-bond donors (Lipinski definition) is 2. The average molecular weight is 371 g/mol. The molecule has 2 aromatic heterocycles. The van der Waals surface area contributed by atoms with E-state index in [2.05, 4.69) is 10.3 Å². The molecule has 3 heterocycles. The maximum absolute atomic E-state index is 12.6. The average Bonchev–Trinajstić information content (AvgIpc) is 3.14. The van der Waals surface area contributed by atoms with Gasteiger partial charge < -0.3 is 15.3 Å². The molecule has 0 amide bonds. The van der Waals surface area contributed by atoms with Gasteiger partial charge in [-0.2, -0.15) is 13.2 Å². The lowest BCUT2D eigenvalue weighted by Crippen LogP contribution is -2.43. The number of rotatable bonds is 5. The zero-order chi connectivity index (χ0) is 17.9. The van der Waals surface area contributed by atoms with Crippen molar-refractivity contribution >= 4 is 17.2 Å². The van der Waals surface area contributed by atoms with Crippen LogP contribution in [0.3, 0.4) is 0 Å². The third-order valence-electron chi connectivity index (χ3n) is 4.37. The summed E-state index contributed by atoms with van der Waals surface area (Å²) in [6.45, 7) is 1.96. The third kappa shape index (κ3) is 4.71. The number of anilines is 1. The molecule has 0 bridgehead atoms. The Hall–Kier alpha value is -1.64. The van der Waals surface area contributed by atoms with Crippen molar-refractivity contribution < 1.29 is 18.3 Å². The lowest BCUT2D eigenvalue weighted by Gasteiger charge is -2.33. The van der Waals surface area contributed by atoms with Crippen molar-refractivity contribution in [1.82, 2.24) is 10.3 Å². The molecule has 1 saturated heterocycles. The summed E-state index contributed by atoms with van der Waals surface area (Å²) in [5.41, 5.74) is -0.727. The van der Waals surface area contributed by atoms with Crippen molar-refractivity contribution in [1.29, 1.82) is 0 Å². The summed E-state index contributed by atoms with van der Waals surface area (Å²) >= 11 is 1.53. The van der Waals surface area contributed by atoms with Gasteiger partial charge in [-0.25, -0.2) is 4.98 Å². The van der Waals surface area contributed by atoms with Crippen LogP contribution in [0.1, 0.15) is 29.4 Å². The highest BCUT2D eigenvalue weighted by Gasteiger charge is 2.31. The minimum Gasteiger partial charge on any atom is -0.386 e. The van der Waals surface area contributed by atoms with E-state index in [9.17, 15) is 18.3 Å². The summed E-state index contributed by atoms with van der Waals surface area (Å²) in [6.07, 6.45) is -2.25. The van der Waals surface area contributed by atoms with Gasteiger partial charge in [0.25, 0.3) is 0 Å². The summed E-state index contributed by atoms with van der Waals surface area (Å²) in [6, 6.07) is 6.62. The second-order valence-corrected chi connectivity index (χ2v) is 7.08. The number of hydrogen-bond acceptors (Lipinski definition) is 5. The number of aliphatic hydroxyl groups excluding tert-OH is 1. The van der Waals surface area contributed by atoms with Crippen LogP contribution in [0.15, 0.2) is 35.8 Å². The number of nitrogens with one attached hydrogen (secondary N) is 1. The molecule has 8 heteroatoms. The zero-order valence-corrected chi connectivity index (χ0v) is 14.4. The maximum Gasteiger partial charge on any atom is 0.417 e. The Morgan fingerprint density at radius 2 is 2.04 bits per heavy atom. The number of aliphatic hydroxyl groups is 1. The zero-order valence-electron chi connectivity index (χ0n) is 13.5. The maximum atomic E-state index is 12.6. The second-order valence-electron chi connectivity index (χ2n) is 6.10. The number of pyridine rings is 1. The van der Waals surface area contributed by atoms with Crippen molar-refractivity contribution in [3.05, 3.63) is 46.3 Å². The Morgan fingerprint density at radius 1 is 1.28 bits per heavy atom. The molecule has 1 fully saturated rings. The first kappa shape index (κ1) is 18.2. The number of aromatic nitrogens is 1. The van der Waals surface area contributed by atoms with Gasteiger partial charge in [0, 0.05) is 36.8 Å². The Balaban J connectivity index is 1.47. The fraction of sp³-hybridized carbons (Fsp3) is 0.471. The highest BCUT2D eigenvalue weighted by atomic mass is 32.1. The highest BCUT2D eigenvalue weighted by molar-refractivity contribution is 7.10. The molecule has 0 aliphatic carbocycles. The molecule has 1 atom stereocenters. The van der Waals surface area contributed by atoms with E-state index in [0.717, 1.165) is 43.1 Å². The lowest BCUT2D eigenvalue weighted by atomic mass is 10.0. The van der Waals surface area contributed by atoms with E-state index in [4.69, 9.17) is 0 Å². The first-order valence-electron chi connectivity index (χ1n) is 8.16. The number of halogens is 3. The Morgan fingerprint density at radius 3 is 2.60 bits per heavy atom. The SMILES string of the molecule is O[C@H](CNC1CCN(c2ccc(C(F)(F)F)cn2)CC1)c1cccs1. The molecule has 0 radical (unpaired) electrons. The number of piperidine rings is 1. The smallest absolute Gasteiger partial charge is 0.386 e. The molecule has 136 valence electrons. The van der Waals surface area contributed by atoms with Crippen LogP contribution in [0, 0.1) is 0 Å². The number of thiophene rings is 1. The van der Waals surface area contributed by atoms with Crippen LogP contribution < -0.4 is 10.2 Å². The fourth-order valence-electron chi connectivity index (χ4n) is 2.91. The van der Waals surface area contributed by atoms with Gasteiger partial charge in [0.15, 0.2) is 0 Å². The van der Waals surface area contributed by atoms with E-state index < -0.39 is 17.8 Å². The molecule has 4 nitrogen and oxygen atoms in total. The number of alkyl halides is 3. The van der Waals surface area contributed by atoms with Gasteiger partial charge in [0.1, 0.15) is 11.9 Å². The lowest BCUT2D eigenvalue weighted by molar-refractivity contribution is -0.137. The minimum absolute atomic E-state index is 0.292. The second kappa shape index (κ2) is 7.72. The van der Waals surface area contributed by atoms with Crippen LogP contribution in [0.2, 0.25) is 0 Å². The van der Waals surface area contributed by atoms with Crippen LogP contribution in [0.5, 0.6) is 0 Å². The summed E-state index contributed by atoms with van der Waals surface area (Å²) in [5.74, 6) is 0.574. The standard InChI is InChI=1S/C17H20F3N3OS/c18-17(19,20)12-3-4-16(22-10-12)23-7-5-13(6-8-23)21-11-14(24)15-2-1-9-25-15/h1-4,9-10,13-14,21,24H,5-8,11H2/t14-/m1/s1. The van der Waals surface area contributed by atoms with Crippen molar-refractivity contribution in [3.63, 3.8) is 0 Å². The molecule has 1 aliphatic heterocycles. The summed E-state index contributed by atoms with van der Waals surface area (Å²) in [5, 5.41) is 15.4. The van der Waals surface area contributed by atoms with E-state index in [1.807, 2.05) is 22.4 Å². The normalized spacial score (nSPS) is 17.7. The predicted molar refractivity (Wildman–Crippen MR) is 91.8 cm³/mol. The number of nitrogens with zero attached hydrogens (tertiary/aromatic N) is 2. The molecule has 0 spiro atoms. The first-order valence-corrected chi connectivity index (χ1v) is 9.04. The van der Waals surface area contributed by atoms with Crippen LogP contribution >= 0.6 is 11.3 Å². The Kier molecular flexibility index (Phi) is 5.61. The summed E-state index contributed by atoms with van der Waals surface area (Å²) in [7, 11) is 0. The molecule has 3 rings (SSSR count). The van der Waals surface area contributed by atoms with E-state index >= 15 is 0 Å². The van der Waals surface area contributed by atoms with E-state index in [-0.39, 0.29) is 0 Å². The van der Waals surface area contributed by atoms with E-state index in [1.54, 1.807) is 0 Å². The topological polar surface area (TPSA) is 48.4 Å². The van der Waals surface area contributed by atoms with Gasteiger partial charge in [0.05, 0.1) is 5.56 Å². The Bertz CT molecular complexity index is 653. The minimum atomic E-state index is -4.36. The van der Waals surface area contributed by atoms with E-state index in [1.165, 1.54) is 17.4 Å². The fourth-order valence-corrected chi connectivity index (χ4v) is 3.63. The summed E-state index contributed by atoms with van der Waals surface area (Å²) < 4.78 is 37.8. The predicted octanol–water partition coefficient (Wildman–Crippen LogP) is 3.45.